The van der Waals surface area contributed by atoms with E-state index in [0.29, 0.717) is 5.75 Å². The highest BCUT2D eigenvalue weighted by atomic mass is 32.2. The first kappa shape index (κ1) is 20.3. The van der Waals surface area contributed by atoms with Crippen molar-refractivity contribution in [3.05, 3.63) is 67.1 Å². The lowest BCUT2D eigenvalue weighted by Crippen LogP contribution is -2.26. The van der Waals surface area contributed by atoms with Crippen LogP contribution in [0.5, 0.6) is 17.4 Å². The number of hydrogen-bond donors (Lipinski definition) is 1. The lowest BCUT2D eigenvalue weighted by molar-refractivity contribution is 0.454. The van der Waals surface area contributed by atoms with Crippen LogP contribution in [0.25, 0.3) is 0 Å². The number of ether oxygens (including phenoxy) is 1. The minimum atomic E-state index is -4.27. The van der Waals surface area contributed by atoms with E-state index in [1.54, 1.807) is 18.2 Å². The molecule has 0 radical (unpaired) electrons. The van der Waals surface area contributed by atoms with Crippen LogP contribution in [0.4, 0.5) is 0 Å². The van der Waals surface area contributed by atoms with Gasteiger partial charge in [0.2, 0.25) is 15.9 Å². The molecule has 3 aromatic rings. The summed E-state index contributed by atoms with van der Waals surface area (Å²) in [6, 6.07) is 12.5. The van der Waals surface area contributed by atoms with E-state index in [1.165, 1.54) is 42.9 Å². The Balaban J connectivity index is 1.55. The molecule has 1 aliphatic carbocycles. The summed E-state index contributed by atoms with van der Waals surface area (Å²) in [6.07, 6.45) is 4.37. The molecule has 0 atom stereocenters. The van der Waals surface area contributed by atoms with Crippen LogP contribution in [0.3, 0.4) is 0 Å². The maximum atomic E-state index is 12.7. The fourth-order valence-electron chi connectivity index (χ4n) is 2.51. The number of nitrogens with one attached hydrogen (secondary N) is 1. The van der Waals surface area contributed by atoms with Crippen LogP contribution in [-0.2, 0) is 20.1 Å². The Kier molecular flexibility index (Phi) is 5.41. The zero-order valence-electron chi connectivity index (χ0n) is 15.5. The quantitative estimate of drug-likeness (QED) is 0.522. The van der Waals surface area contributed by atoms with Crippen LogP contribution >= 0.6 is 0 Å². The summed E-state index contributed by atoms with van der Waals surface area (Å²) in [5.41, 5.74) is 0. The fourth-order valence-corrected chi connectivity index (χ4v) is 4.90. The zero-order valence-corrected chi connectivity index (χ0v) is 17.1. The Morgan fingerprint density at radius 1 is 0.900 bits per heavy atom. The molecule has 1 aliphatic rings. The third-order valence-corrected chi connectivity index (χ3v) is 6.85. The van der Waals surface area contributed by atoms with E-state index in [9.17, 15) is 16.8 Å². The average Bonchev–Trinajstić information content (AvgIpc) is 3.52. The molecule has 1 fully saturated rings. The van der Waals surface area contributed by atoms with Gasteiger partial charge in [0, 0.05) is 24.4 Å². The van der Waals surface area contributed by atoms with E-state index < -0.39 is 20.1 Å². The fraction of sp³-hybridized carbons (Fsp3) is 0.158. The van der Waals surface area contributed by atoms with Crippen molar-refractivity contribution in [2.45, 2.75) is 28.7 Å². The standard InChI is InChI=1S/C19H17N3O6S2/c23-29(24,22-14-7-8-14)17-5-2-6-18(12-17)30(25,26)28-16-4-1-3-15(11-16)27-19-9-10-20-13-21-19/h1-6,9-14,22H,7-8H2. The molecular formula is C19H17N3O6S2. The SMILES string of the molecule is O=S(=O)(NC1CC1)c1cccc(S(=O)(=O)Oc2cccc(Oc3ccncn3)c2)c1. The lowest BCUT2D eigenvalue weighted by Gasteiger charge is -2.10. The monoisotopic (exact) mass is 447 g/mol. The summed E-state index contributed by atoms with van der Waals surface area (Å²) in [5.74, 6) is 0.600. The highest BCUT2D eigenvalue weighted by molar-refractivity contribution is 7.89. The number of rotatable bonds is 8. The predicted octanol–water partition coefficient (Wildman–Crippen LogP) is 2.48. The summed E-state index contributed by atoms with van der Waals surface area (Å²) < 4.78 is 63.3. The van der Waals surface area contributed by atoms with E-state index in [1.807, 2.05) is 0 Å². The molecule has 0 amide bonds. The number of hydrogen-bond acceptors (Lipinski definition) is 8. The van der Waals surface area contributed by atoms with Crippen LogP contribution in [-0.4, -0.2) is 32.8 Å². The van der Waals surface area contributed by atoms with E-state index in [2.05, 4.69) is 14.7 Å². The highest BCUT2D eigenvalue weighted by Crippen LogP contribution is 2.27. The van der Waals surface area contributed by atoms with Gasteiger partial charge in [-0.05, 0) is 43.2 Å². The van der Waals surface area contributed by atoms with Crippen molar-refractivity contribution in [3.8, 4) is 17.4 Å². The number of aromatic nitrogens is 2. The zero-order chi connectivity index (χ0) is 21.2. The molecule has 9 nitrogen and oxygen atoms in total. The van der Waals surface area contributed by atoms with Gasteiger partial charge in [0.25, 0.3) is 0 Å². The third-order valence-electron chi connectivity index (χ3n) is 4.09. The maximum Gasteiger partial charge on any atom is 0.339 e. The Labute approximate surface area is 173 Å². The van der Waals surface area contributed by atoms with Crippen molar-refractivity contribution in [1.29, 1.82) is 0 Å². The smallest absolute Gasteiger partial charge is 0.339 e. The molecule has 1 heterocycles. The normalized spacial score (nSPS) is 14.3. The summed E-state index contributed by atoms with van der Waals surface area (Å²) in [5, 5.41) is 0. The van der Waals surface area contributed by atoms with Crippen molar-refractivity contribution in [2.75, 3.05) is 0 Å². The molecule has 2 aromatic carbocycles. The summed E-state index contributed by atoms with van der Waals surface area (Å²) in [7, 11) is -8.07. The molecule has 11 heteroatoms. The van der Waals surface area contributed by atoms with E-state index in [-0.39, 0.29) is 27.5 Å². The second-order valence-corrected chi connectivity index (χ2v) is 9.79. The van der Waals surface area contributed by atoms with Gasteiger partial charge in [-0.15, -0.1) is 0 Å². The molecule has 156 valence electrons. The molecule has 30 heavy (non-hydrogen) atoms. The molecule has 4 rings (SSSR count). The van der Waals surface area contributed by atoms with Crippen LogP contribution < -0.4 is 13.6 Å². The summed E-state index contributed by atoms with van der Waals surface area (Å²) in [4.78, 5) is 7.30. The predicted molar refractivity (Wildman–Crippen MR) is 106 cm³/mol. The molecule has 1 saturated carbocycles. The van der Waals surface area contributed by atoms with Crippen molar-refractivity contribution in [2.24, 2.45) is 0 Å². The molecule has 0 unspecified atom stereocenters. The minimum absolute atomic E-state index is 0.00548. The molecule has 0 bridgehead atoms. The molecule has 0 aliphatic heterocycles. The van der Waals surface area contributed by atoms with Crippen LogP contribution in [0, 0.1) is 0 Å². The number of sulfonamides is 1. The average molecular weight is 447 g/mol. The minimum Gasteiger partial charge on any atom is -0.439 e. The Morgan fingerprint density at radius 3 is 2.37 bits per heavy atom. The van der Waals surface area contributed by atoms with Crippen molar-refractivity contribution in [1.82, 2.24) is 14.7 Å². The molecular weight excluding hydrogens is 430 g/mol. The second kappa shape index (κ2) is 8.01. The Morgan fingerprint density at radius 2 is 1.63 bits per heavy atom. The van der Waals surface area contributed by atoms with Gasteiger partial charge in [-0.1, -0.05) is 12.1 Å². The van der Waals surface area contributed by atoms with Gasteiger partial charge < -0.3 is 8.92 Å². The lowest BCUT2D eigenvalue weighted by atomic mass is 10.3. The van der Waals surface area contributed by atoms with Gasteiger partial charge in [-0.25, -0.2) is 23.1 Å². The first-order valence-electron chi connectivity index (χ1n) is 8.93. The van der Waals surface area contributed by atoms with E-state index in [4.69, 9.17) is 8.92 Å². The summed E-state index contributed by atoms with van der Waals surface area (Å²) >= 11 is 0. The largest absolute Gasteiger partial charge is 0.439 e. The molecule has 1 N–H and O–H groups in total. The molecule has 1 aromatic heterocycles. The Bertz CT molecular complexity index is 1260. The van der Waals surface area contributed by atoms with Gasteiger partial charge in [0.05, 0.1) is 4.90 Å². The number of benzene rings is 2. The van der Waals surface area contributed by atoms with Gasteiger partial charge in [-0.3, -0.25) is 0 Å². The van der Waals surface area contributed by atoms with Crippen molar-refractivity contribution in [3.63, 3.8) is 0 Å². The van der Waals surface area contributed by atoms with Crippen molar-refractivity contribution >= 4 is 20.1 Å². The van der Waals surface area contributed by atoms with Gasteiger partial charge >= 0.3 is 10.1 Å². The highest BCUT2D eigenvalue weighted by Gasteiger charge is 2.29. The number of nitrogens with zero attached hydrogens (tertiary/aromatic N) is 2. The van der Waals surface area contributed by atoms with Gasteiger partial charge in [0.15, 0.2) is 0 Å². The summed E-state index contributed by atoms with van der Waals surface area (Å²) in [6.45, 7) is 0. The van der Waals surface area contributed by atoms with Crippen LogP contribution in [0.15, 0.2) is 76.9 Å². The first-order chi connectivity index (χ1) is 14.3. The van der Waals surface area contributed by atoms with Crippen molar-refractivity contribution < 1.29 is 25.8 Å². The van der Waals surface area contributed by atoms with E-state index in [0.717, 1.165) is 18.9 Å². The van der Waals surface area contributed by atoms with Gasteiger partial charge in [-0.2, -0.15) is 8.42 Å². The molecule has 0 saturated heterocycles. The molecule has 0 spiro atoms. The van der Waals surface area contributed by atoms with Crippen LogP contribution in [0.2, 0.25) is 0 Å². The first-order valence-corrected chi connectivity index (χ1v) is 11.8. The van der Waals surface area contributed by atoms with Crippen LogP contribution in [0.1, 0.15) is 12.8 Å². The van der Waals surface area contributed by atoms with E-state index >= 15 is 0 Å². The second-order valence-electron chi connectivity index (χ2n) is 6.53. The topological polar surface area (TPSA) is 125 Å². The van der Waals surface area contributed by atoms with Gasteiger partial charge in [0.1, 0.15) is 22.7 Å². The maximum absolute atomic E-state index is 12.7. The Hall–Kier alpha value is -3.02. The third kappa shape index (κ3) is 4.93.